The van der Waals surface area contributed by atoms with E-state index in [0.29, 0.717) is 25.0 Å². The summed E-state index contributed by atoms with van der Waals surface area (Å²) < 4.78 is 33.4. The first-order valence-electron chi connectivity index (χ1n) is 12.4. The molecule has 1 fully saturated rings. The second-order valence-electron chi connectivity index (χ2n) is 9.14. The van der Waals surface area contributed by atoms with E-state index in [9.17, 15) is 8.78 Å². The van der Waals surface area contributed by atoms with Crippen LogP contribution in [0.1, 0.15) is 75.5 Å². The summed E-state index contributed by atoms with van der Waals surface area (Å²) in [6.45, 7) is 4.36. The Morgan fingerprint density at radius 3 is 2.19 bits per heavy atom. The molecule has 0 aliphatic heterocycles. The highest BCUT2D eigenvalue weighted by molar-refractivity contribution is 5.32. The Morgan fingerprint density at radius 1 is 0.844 bits per heavy atom. The van der Waals surface area contributed by atoms with Crippen molar-refractivity contribution in [2.45, 2.75) is 78.1 Å². The van der Waals surface area contributed by atoms with Crippen molar-refractivity contribution in [3.05, 3.63) is 76.9 Å². The van der Waals surface area contributed by atoms with Crippen molar-refractivity contribution < 1.29 is 13.5 Å². The van der Waals surface area contributed by atoms with Crippen molar-refractivity contribution in [2.75, 3.05) is 6.61 Å². The number of halogens is 2. The van der Waals surface area contributed by atoms with Crippen LogP contribution in [-0.4, -0.2) is 6.61 Å². The van der Waals surface area contributed by atoms with E-state index >= 15 is 0 Å². The molecule has 0 saturated heterocycles. The summed E-state index contributed by atoms with van der Waals surface area (Å²) >= 11 is 0. The Labute approximate surface area is 192 Å². The van der Waals surface area contributed by atoms with Gasteiger partial charge in [-0.1, -0.05) is 62.2 Å². The van der Waals surface area contributed by atoms with Gasteiger partial charge in [0.2, 0.25) is 5.82 Å². The van der Waals surface area contributed by atoms with Gasteiger partial charge in [0, 0.05) is 0 Å². The molecule has 0 bridgehead atoms. The van der Waals surface area contributed by atoms with Crippen LogP contribution in [0.2, 0.25) is 0 Å². The molecule has 0 atom stereocenters. The molecule has 0 aromatic heterocycles. The van der Waals surface area contributed by atoms with Gasteiger partial charge in [0.1, 0.15) is 0 Å². The lowest BCUT2D eigenvalue weighted by Crippen LogP contribution is -2.12. The second-order valence-corrected chi connectivity index (χ2v) is 9.14. The van der Waals surface area contributed by atoms with E-state index in [0.717, 1.165) is 30.2 Å². The van der Waals surface area contributed by atoms with Crippen molar-refractivity contribution >= 4 is 0 Å². The van der Waals surface area contributed by atoms with E-state index in [4.69, 9.17) is 4.74 Å². The van der Waals surface area contributed by atoms with Crippen molar-refractivity contribution in [3.63, 3.8) is 0 Å². The normalized spacial score (nSPS) is 18.9. The molecule has 0 unspecified atom stereocenters. The van der Waals surface area contributed by atoms with Crippen LogP contribution in [0.25, 0.3) is 0 Å². The summed E-state index contributed by atoms with van der Waals surface area (Å²) in [5.74, 6) is 0.0442. The number of benzene rings is 2. The van der Waals surface area contributed by atoms with Gasteiger partial charge in [-0.05, 0) is 92.9 Å². The van der Waals surface area contributed by atoms with Gasteiger partial charge in [-0.25, -0.2) is 4.39 Å². The lowest BCUT2D eigenvalue weighted by Gasteiger charge is -2.26. The van der Waals surface area contributed by atoms with Gasteiger partial charge in [0.25, 0.3) is 0 Å². The number of aryl methyl sites for hydroxylation is 3. The van der Waals surface area contributed by atoms with Crippen LogP contribution in [0.3, 0.4) is 0 Å². The molecule has 1 aliphatic carbocycles. The van der Waals surface area contributed by atoms with Gasteiger partial charge in [-0.2, -0.15) is 4.39 Å². The van der Waals surface area contributed by atoms with Crippen LogP contribution in [0.5, 0.6) is 5.75 Å². The average Bonchev–Trinajstić information content (AvgIpc) is 2.81. The molecule has 32 heavy (non-hydrogen) atoms. The van der Waals surface area contributed by atoms with Crippen molar-refractivity contribution in [1.29, 1.82) is 0 Å². The average molecular weight is 441 g/mol. The highest BCUT2D eigenvalue weighted by Crippen LogP contribution is 2.32. The molecule has 2 aromatic carbocycles. The summed E-state index contributed by atoms with van der Waals surface area (Å²) in [6, 6.07) is 11.7. The van der Waals surface area contributed by atoms with Crippen molar-refractivity contribution in [2.24, 2.45) is 11.8 Å². The molecule has 3 rings (SSSR count). The Morgan fingerprint density at radius 2 is 1.53 bits per heavy atom. The third-order valence-electron chi connectivity index (χ3n) is 6.73. The van der Waals surface area contributed by atoms with E-state index in [1.165, 1.54) is 50.2 Å². The quantitative estimate of drug-likeness (QED) is 0.320. The third-order valence-corrected chi connectivity index (χ3v) is 6.73. The smallest absolute Gasteiger partial charge is 0.200 e. The summed E-state index contributed by atoms with van der Waals surface area (Å²) in [5.41, 5.74) is 2.86. The maximum Gasteiger partial charge on any atom is 0.200 e. The SMILES string of the molecule is CCCC1CCC(/C=C/CCc2ccc(CCc3ccc(OCC)c(F)c3F)cc2)CC1. The third kappa shape index (κ3) is 7.18. The first kappa shape index (κ1) is 24.5. The summed E-state index contributed by atoms with van der Waals surface area (Å²) in [5, 5.41) is 0. The highest BCUT2D eigenvalue weighted by atomic mass is 19.2. The minimum Gasteiger partial charge on any atom is -0.491 e. The first-order chi connectivity index (χ1) is 15.6. The molecule has 3 heteroatoms. The largest absolute Gasteiger partial charge is 0.491 e. The maximum atomic E-state index is 14.3. The summed E-state index contributed by atoms with van der Waals surface area (Å²) in [4.78, 5) is 0. The Balaban J connectivity index is 1.41. The number of hydrogen-bond acceptors (Lipinski definition) is 1. The summed E-state index contributed by atoms with van der Waals surface area (Å²) in [7, 11) is 0. The van der Waals surface area contributed by atoms with Crippen LogP contribution in [0.4, 0.5) is 8.78 Å². The monoisotopic (exact) mass is 440 g/mol. The predicted molar refractivity (Wildman–Crippen MR) is 129 cm³/mol. The van der Waals surface area contributed by atoms with E-state index in [1.54, 1.807) is 13.0 Å². The molecule has 2 aromatic rings. The fourth-order valence-corrected chi connectivity index (χ4v) is 4.80. The second kappa shape index (κ2) is 12.8. The molecule has 1 nitrogen and oxygen atoms in total. The van der Waals surface area contributed by atoms with E-state index in [1.807, 2.05) is 0 Å². The lowest BCUT2D eigenvalue weighted by molar-refractivity contribution is 0.294. The van der Waals surface area contributed by atoms with Gasteiger partial charge in [-0.15, -0.1) is 0 Å². The van der Waals surface area contributed by atoms with Gasteiger partial charge in [0.15, 0.2) is 11.6 Å². The maximum absolute atomic E-state index is 14.3. The Kier molecular flexibility index (Phi) is 9.77. The number of allylic oxidation sites excluding steroid dienone is 2. The molecule has 0 radical (unpaired) electrons. The number of rotatable bonds is 11. The minimum absolute atomic E-state index is 0.0173. The molecule has 0 amide bonds. The van der Waals surface area contributed by atoms with Gasteiger partial charge in [0.05, 0.1) is 6.61 Å². The molecule has 174 valence electrons. The Bertz CT molecular complexity index is 848. The topological polar surface area (TPSA) is 9.23 Å². The first-order valence-corrected chi connectivity index (χ1v) is 12.4. The molecular formula is C29H38F2O. The molecule has 1 aliphatic rings. The van der Waals surface area contributed by atoms with Gasteiger partial charge in [-0.3, -0.25) is 0 Å². The zero-order valence-electron chi connectivity index (χ0n) is 19.7. The standard InChI is InChI=1S/C29H38F2O/c1-3-7-22-10-12-23(13-11-22)8-5-6-9-24-14-16-25(17-15-24)18-19-26-20-21-27(32-4-2)29(31)28(26)30/h5,8,14-17,20-23H,3-4,6-7,9-13,18-19H2,1-2H3/b8-5+. The van der Waals surface area contributed by atoms with E-state index < -0.39 is 11.6 Å². The zero-order valence-corrected chi connectivity index (χ0v) is 19.7. The van der Waals surface area contributed by atoms with Gasteiger partial charge >= 0.3 is 0 Å². The van der Waals surface area contributed by atoms with Crippen molar-refractivity contribution in [1.82, 2.24) is 0 Å². The van der Waals surface area contributed by atoms with E-state index in [-0.39, 0.29) is 5.75 Å². The molecule has 0 heterocycles. The fourth-order valence-electron chi connectivity index (χ4n) is 4.80. The minimum atomic E-state index is -0.887. The zero-order chi connectivity index (χ0) is 22.8. The lowest BCUT2D eigenvalue weighted by atomic mass is 9.80. The predicted octanol–water partition coefficient (Wildman–Crippen LogP) is 8.24. The number of ether oxygens (including phenoxy) is 1. The van der Waals surface area contributed by atoms with Crippen LogP contribution in [0, 0.1) is 23.5 Å². The highest BCUT2D eigenvalue weighted by Gasteiger charge is 2.18. The van der Waals surface area contributed by atoms with Crippen LogP contribution in [0.15, 0.2) is 48.6 Å². The van der Waals surface area contributed by atoms with E-state index in [2.05, 4.69) is 43.3 Å². The summed E-state index contributed by atoms with van der Waals surface area (Å²) in [6.07, 6.45) is 16.3. The molecule has 1 saturated carbocycles. The van der Waals surface area contributed by atoms with Crippen LogP contribution in [-0.2, 0) is 19.3 Å². The Hall–Kier alpha value is -2.16. The number of hydrogen-bond donors (Lipinski definition) is 0. The van der Waals surface area contributed by atoms with Gasteiger partial charge < -0.3 is 4.74 Å². The van der Waals surface area contributed by atoms with Crippen LogP contribution < -0.4 is 4.74 Å². The molecule has 0 N–H and O–H groups in total. The van der Waals surface area contributed by atoms with Crippen LogP contribution >= 0.6 is 0 Å². The van der Waals surface area contributed by atoms with Crippen molar-refractivity contribution in [3.8, 4) is 5.75 Å². The molecular weight excluding hydrogens is 402 g/mol. The molecule has 0 spiro atoms. The fraction of sp³-hybridized carbons (Fsp3) is 0.517.